The van der Waals surface area contributed by atoms with Crippen LogP contribution in [0.5, 0.6) is 0 Å². The van der Waals surface area contributed by atoms with Crippen LogP contribution in [0.1, 0.15) is 25.7 Å². The minimum absolute atomic E-state index is 0.404. The van der Waals surface area contributed by atoms with Gasteiger partial charge in [-0.15, -0.1) is 0 Å². The van der Waals surface area contributed by atoms with Crippen LogP contribution in [0.2, 0.25) is 0 Å². The summed E-state index contributed by atoms with van der Waals surface area (Å²) in [6.45, 7) is 1.63. The zero-order valence-corrected chi connectivity index (χ0v) is 8.48. The van der Waals surface area contributed by atoms with Crippen molar-refractivity contribution in [2.45, 2.75) is 31.7 Å². The quantitative estimate of drug-likeness (QED) is 0.512. The fourth-order valence-corrected chi connectivity index (χ4v) is 1.78. The molecule has 1 aliphatic heterocycles. The molecular formula is C10H19N3O. The zero-order valence-electron chi connectivity index (χ0n) is 8.48. The summed E-state index contributed by atoms with van der Waals surface area (Å²) in [4.78, 5) is 0. The SMILES string of the molecule is N/C(=C\N(N)C1CCOCC1)C1CC1. The van der Waals surface area contributed by atoms with E-state index < -0.39 is 0 Å². The first-order valence-corrected chi connectivity index (χ1v) is 5.35. The van der Waals surface area contributed by atoms with Gasteiger partial charge in [-0.05, 0) is 25.7 Å². The average Bonchev–Trinajstić information content (AvgIpc) is 3.02. The van der Waals surface area contributed by atoms with Gasteiger partial charge >= 0.3 is 0 Å². The van der Waals surface area contributed by atoms with Gasteiger partial charge in [0, 0.05) is 37.1 Å². The summed E-state index contributed by atoms with van der Waals surface area (Å²) in [5.41, 5.74) is 6.84. The van der Waals surface area contributed by atoms with Gasteiger partial charge in [0.05, 0.1) is 0 Å². The van der Waals surface area contributed by atoms with Crippen LogP contribution in [-0.4, -0.2) is 24.3 Å². The summed E-state index contributed by atoms with van der Waals surface area (Å²) in [6, 6.07) is 0.404. The van der Waals surface area contributed by atoms with E-state index in [9.17, 15) is 0 Å². The first-order valence-electron chi connectivity index (χ1n) is 5.35. The highest BCUT2D eigenvalue weighted by Crippen LogP contribution is 2.33. The Hall–Kier alpha value is -0.740. The molecule has 2 rings (SSSR count). The summed E-state index contributed by atoms with van der Waals surface area (Å²) < 4.78 is 5.28. The van der Waals surface area contributed by atoms with E-state index in [1.54, 1.807) is 5.01 Å². The monoisotopic (exact) mass is 197 g/mol. The van der Waals surface area contributed by atoms with Gasteiger partial charge in [-0.1, -0.05) is 0 Å². The molecule has 4 N–H and O–H groups in total. The lowest BCUT2D eigenvalue weighted by Crippen LogP contribution is -2.41. The van der Waals surface area contributed by atoms with E-state index in [-0.39, 0.29) is 0 Å². The van der Waals surface area contributed by atoms with Gasteiger partial charge in [-0.3, -0.25) is 0 Å². The summed E-state index contributed by atoms with van der Waals surface area (Å²) in [7, 11) is 0. The van der Waals surface area contributed by atoms with Crippen LogP contribution in [0.25, 0.3) is 0 Å². The van der Waals surface area contributed by atoms with Crippen LogP contribution in [0, 0.1) is 5.92 Å². The normalized spacial score (nSPS) is 25.1. The van der Waals surface area contributed by atoms with Gasteiger partial charge < -0.3 is 15.5 Å². The standard InChI is InChI=1S/C10H19N3O/c11-10(8-1-2-8)7-13(12)9-3-5-14-6-4-9/h7-9H,1-6,11-12H2/b10-7-. The molecule has 1 heterocycles. The molecule has 0 radical (unpaired) electrons. The number of hydrogen-bond donors (Lipinski definition) is 2. The topological polar surface area (TPSA) is 64.5 Å². The molecule has 0 unspecified atom stereocenters. The van der Waals surface area contributed by atoms with Crippen LogP contribution >= 0.6 is 0 Å². The molecule has 1 saturated carbocycles. The molecule has 14 heavy (non-hydrogen) atoms. The summed E-state index contributed by atoms with van der Waals surface area (Å²) in [5.74, 6) is 6.53. The molecule has 0 spiro atoms. The van der Waals surface area contributed by atoms with Gasteiger partial charge in [-0.2, -0.15) is 0 Å². The molecule has 0 atom stereocenters. The van der Waals surface area contributed by atoms with Gasteiger partial charge in [-0.25, -0.2) is 5.84 Å². The fraction of sp³-hybridized carbons (Fsp3) is 0.800. The lowest BCUT2D eigenvalue weighted by Gasteiger charge is -2.29. The summed E-state index contributed by atoms with van der Waals surface area (Å²) in [5, 5.41) is 1.77. The third-order valence-corrected chi connectivity index (χ3v) is 2.96. The highest BCUT2D eigenvalue weighted by molar-refractivity contribution is 5.07. The molecule has 1 aliphatic carbocycles. The third-order valence-electron chi connectivity index (χ3n) is 2.96. The van der Waals surface area contributed by atoms with Crippen LogP contribution in [0.4, 0.5) is 0 Å². The van der Waals surface area contributed by atoms with E-state index in [1.807, 2.05) is 6.20 Å². The lowest BCUT2D eigenvalue weighted by molar-refractivity contribution is 0.0490. The van der Waals surface area contributed by atoms with Gasteiger partial charge in [0.2, 0.25) is 0 Å². The van der Waals surface area contributed by atoms with E-state index in [0.29, 0.717) is 12.0 Å². The Balaban J connectivity index is 1.86. The second-order valence-electron chi connectivity index (χ2n) is 4.19. The second-order valence-corrected chi connectivity index (χ2v) is 4.19. The zero-order chi connectivity index (χ0) is 9.97. The third kappa shape index (κ3) is 2.39. The number of hydrogen-bond acceptors (Lipinski definition) is 4. The second kappa shape index (κ2) is 4.19. The molecule has 2 aliphatic rings. The Bertz CT molecular complexity index is 219. The van der Waals surface area contributed by atoms with Crippen molar-refractivity contribution >= 4 is 0 Å². The maximum Gasteiger partial charge on any atom is 0.0490 e. The predicted molar refractivity (Wildman–Crippen MR) is 54.9 cm³/mol. The molecule has 4 heteroatoms. The number of ether oxygens (including phenoxy) is 1. The smallest absolute Gasteiger partial charge is 0.0490 e. The van der Waals surface area contributed by atoms with Gasteiger partial charge in [0.25, 0.3) is 0 Å². The van der Waals surface area contributed by atoms with Crippen molar-refractivity contribution in [1.82, 2.24) is 5.01 Å². The van der Waals surface area contributed by atoms with E-state index in [0.717, 1.165) is 31.8 Å². The molecule has 0 amide bonds. The van der Waals surface area contributed by atoms with Crippen molar-refractivity contribution in [2.75, 3.05) is 13.2 Å². The van der Waals surface area contributed by atoms with Crippen LogP contribution in [-0.2, 0) is 4.74 Å². The van der Waals surface area contributed by atoms with Crippen molar-refractivity contribution in [3.8, 4) is 0 Å². The lowest BCUT2D eigenvalue weighted by atomic mass is 10.1. The first kappa shape index (κ1) is 9.80. The maximum atomic E-state index is 5.94. The van der Waals surface area contributed by atoms with E-state index >= 15 is 0 Å². The Morgan fingerprint density at radius 3 is 2.43 bits per heavy atom. The van der Waals surface area contributed by atoms with Gasteiger partial charge in [0.15, 0.2) is 0 Å². The van der Waals surface area contributed by atoms with Crippen molar-refractivity contribution in [1.29, 1.82) is 0 Å². The highest BCUT2D eigenvalue weighted by Gasteiger charge is 2.25. The van der Waals surface area contributed by atoms with Crippen LogP contribution in [0.15, 0.2) is 11.9 Å². The minimum Gasteiger partial charge on any atom is -0.401 e. The number of hydrazine groups is 1. The Morgan fingerprint density at radius 2 is 1.86 bits per heavy atom. The Kier molecular flexibility index (Phi) is 2.93. The molecule has 0 bridgehead atoms. The molecular weight excluding hydrogens is 178 g/mol. The molecule has 0 aromatic rings. The number of allylic oxidation sites excluding steroid dienone is 1. The Morgan fingerprint density at radius 1 is 1.21 bits per heavy atom. The predicted octanol–water partition coefficient (Wildman–Crippen LogP) is 0.551. The van der Waals surface area contributed by atoms with Crippen molar-refractivity contribution < 1.29 is 4.74 Å². The van der Waals surface area contributed by atoms with Crippen molar-refractivity contribution in [3.63, 3.8) is 0 Å². The van der Waals surface area contributed by atoms with E-state index in [2.05, 4.69) is 0 Å². The summed E-state index contributed by atoms with van der Waals surface area (Å²) in [6.07, 6.45) is 6.37. The highest BCUT2D eigenvalue weighted by atomic mass is 16.5. The number of nitrogens with two attached hydrogens (primary N) is 2. The average molecular weight is 197 g/mol. The van der Waals surface area contributed by atoms with Crippen molar-refractivity contribution in [3.05, 3.63) is 11.9 Å². The molecule has 0 aromatic heterocycles. The molecule has 1 saturated heterocycles. The van der Waals surface area contributed by atoms with E-state index in [1.165, 1.54) is 12.8 Å². The summed E-state index contributed by atoms with van der Waals surface area (Å²) >= 11 is 0. The number of rotatable bonds is 3. The minimum atomic E-state index is 0.404. The molecule has 80 valence electrons. The Labute approximate surface area is 84.8 Å². The van der Waals surface area contributed by atoms with E-state index in [4.69, 9.17) is 16.3 Å². The molecule has 2 fully saturated rings. The largest absolute Gasteiger partial charge is 0.401 e. The van der Waals surface area contributed by atoms with Crippen molar-refractivity contribution in [2.24, 2.45) is 17.5 Å². The molecule has 4 nitrogen and oxygen atoms in total. The van der Waals surface area contributed by atoms with Gasteiger partial charge in [0.1, 0.15) is 0 Å². The fourth-order valence-electron chi connectivity index (χ4n) is 1.78. The van der Waals surface area contributed by atoms with Crippen LogP contribution in [0.3, 0.4) is 0 Å². The first-order chi connectivity index (χ1) is 6.77. The van der Waals surface area contributed by atoms with Crippen LogP contribution < -0.4 is 11.6 Å². The molecule has 0 aromatic carbocycles. The number of nitrogens with zero attached hydrogens (tertiary/aromatic N) is 1. The maximum absolute atomic E-state index is 5.94.